The molecule has 0 radical (unpaired) electrons. The summed E-state index contributed by atoms with van der Waals surface area (Å²) < 4.78 is 5.06. The van der Waals surface area contributed by atoms with Crippen molar-refractivity contribution < 1.29 is 19.4 Å². The fourth-order valence-electron chi connectivity index (χ4n) is 2.57. The van der Waals surface area contributed by atoms with Gasteiger partial charge in [-0.1, -0.05) is 30.3 Å². The minimum absolute atomic E-state index is 0.122. The van der Waals surface area contributed by atoms with Crippen molar-refractivity contribution >= 4 is 23.6 Å². The minimum atomic E-state index is -0.988. The zero-order valence-corrected chi connectivity index (χ0v) is 15.7. The van der Waals surface area contributed by atoms with Crippen LogP contribution in [0.5, 0.6) is 0 Å². The number of carboxylic acids is 1. The summed E-state index contributed by atoms with van der Waals surface area (Å²) in [4.78, 5) is 24.7. The largest absolute Gasteiger partial charge is 0.481 e. The van der Waals surface area contributed by atoms with Gasteiger partial charge in [-0.25, -0.2) is 0 Å². The molecule has 2 rings (SSSR count). The molecule has 138 valence electrons. The molecular weight excluding hydrogens is 350 g/mol. The molecule has 0 aromatic heterocycles. The highest BCUT2D eigenvalue weighted by Gasteiger charge is 2.29. The van der Waals surface area contributed by atoms with E-state index >= 15 is 0 Å². The van der Waals surface area contributed by atoms with E-state index in [0.29, 0.717) is 5.56 Å². The summed E-state index contributed by atoms with van der Waals surface area (Å²) in [6.07, 6.45) is -0.210. The van der Waals surface area contributed by atoms with Crippen molar-refractivity contribution in [2.24, 2.45) is 0 Å². The molecular formula is C20H23NO4S. The van der Waals surface area contributed by atoms with Crippen molar-refractivity contribution in [3.63, 3.8) is 0 Å². The fraction of sp³-hybridized carbons (Fsp3) is 0.300. The first kappa shape index (κ1) is 20.0. The third-order valence-electron chi connectivity index (χ3n) is 3.78. The van der Waals surface area contributed by atoms with E-state index in [-0.39, 0.29) is 18.9 Å². The highest BCUT2D eigenvalue weighted by molar-refractivity contribution is 7.98. The second-order valence-electron chi connectivity index (χ2n) is 6.32. The van der Waals surface area contributed by atoms with E-state index < -0.39 is 11.5 Å². The Morgan fingerprint density at radius 1 is 1.12 bits per heavy atom. The number of ether oxygens (including phenoxy) is 1. The molecule has 0 spiro atoms. The van der Waals surface area contributed by atoms with E-state index in [4.69, 9.17) is 9.84 Å². The van der Waals surface area contributed by atoms with E-state index in [2.05, 4.69) is 17.4 Å². The number of amides is 1. The Hall–Kier alpha value is -2.31. The third-order valence-corrected chi connectivity index (χ3v) is 4.87. The lowest BCUT2D eigenvalue weighted by Gasteiger charge is -2.28. The maximum atomic E-state index is 12.4. The van der Waals surface area contributed by atoms with Crippen LogP contribution in [-0.2, 0) is 15.3 Å². The number of methoxy groups -OCH3 is 1. The van der Waals surface area contributed by atoms with Crippen molar-refractivity contribution in [1.29, 1.82) is 0 Å². The molecule has 0 fully saturated rings. The average molecular weight is 373 g/mol. The van der Waals surface area contributed by atoms with Gasteiger partial charge in [0.15, 0.2) is 0 Å². The molecule has 2 N–H and O–H groups in total. The number of benzene rings is 2. The highest BCUT2D eigenvalue weighted by Crippen LogP contribution is 2.22. The van der Waals surface area contributed by atoms with E-state index in [1.165, 1.54) is 12.0 Å². The number of carbonyl (C=O) groups is 2. The normalized spacial score (nSPS) is 13.0. The van der Waals surface area contributed by atoms with Crippen LogP contribution in [0.4, 0.5) is 0 Å². The molecule has 0 bridgehead atoms. The van der Waals surface area contributed by atoms with Gasteiger partial charge in [-0.05, 0) is 36.8 Å². The number of hydrogen-bond acceptors (Lipinski definition) is 4. The smallest absolute Gasteiger partial charge is 0.305 e. The predicted octanol–water partition coefficient (Wildman–Crippen LogP) is 3.59. The van der Waals surface area contributed by atoms with E-state index in [1.54, 1.807) is 30.8 Å². The van der Waals surface area contributed by atoms with E-state index in [9.17, 15) is 9.59 Å². The molecule has 1 atom stereocenters. The third kappa shape index (κ3) is 6.20. The van der Waals surface area contributed by atoms with Gasteiger partial charge in [0.05, 0.1) is 18.6 Å². The lowest BCUT2D eigenvalue weighted by atomic mass is 9.98. The van der Waals surface area contributed by atoms with E-state index in [0.717, 1.165) is 11.3 Å². The summed E-state index contributed by atoms with van der Waals surface area (Å²) in [7, 11) is 1.48. The molecule has 1 amide bonds. The molecule has 6 heteroatoms. The Bertz CT molecular complexity index is 733. The minimum Gasteiger partial charge on any atom is -0.481 e. The Balaban J connectivity index is 1.97. The van der Waals surface area contributed by atoms with Crippen molar-refractivity contribution in [3.05, 3.63) is 65.7 Å². The summed E-state index contributed by atoms with van der Waals surface area (Å²) in [5, 5.41) is 11.8. The highest BCUT2D eigenvalue weighted by atomic mass is 32.2. The van der Waals surface area contributed by atoms with Gasteiger partial charge < -0.3 is 15.2 Å². The first-order valence-corrected chi connectivity index (χ1v) is 9.20. The van der Waals surface area contributed by atoms with Gasteiger partial charge in [0, 0.05) is 23.3 Å². The molecule has 0 aliphatic rings. The SMILES string of the molecule is COCC(C)(CC(=O)O)NC(=O)c1ccc(CSc2ccccc2)cc1. The standard InChI is InChI=1S/C20H23NO4S/c1-20(14-25-2,12-18(22)23)21-19(24)16-10-8-15(9-11-16)13-26-17-6-4-3-5-7-17/h3-11H,12-14H2,1-2H3,(H,21,24)(H,22,23). The summed E-state index contributed by atoms with van der Waals surface area (Å²) in [6, 6.07) is 17.4. The lowest BCUT2D eigenvalue weighted by Crippen LogP contribution is -2.50. The molecule has 5 nitrogen and oxygen atoms in total. The second-order valence-corrected chi connectivity index (χ2v) is 7.37. The molecule has 1 unspecified atom stereocenters. The van der Waals surface area contributed by atoms with Gasteiger partial charge in [-0.2, -0.15) is 0 Å². The number of thioether (sulfide) groups is 1. The monoisotopic (exact) mass is 373 g/mol. The van der Waals surface area contributed by atoms with Crippen LogP contribution < -0.4 is 5.32 Å². The first-order chi connectivity index (χ1) is 12.4. The zero-order valence-electron chi connectivity index (χ0n) is 14.9. The van der Waals surface area contributed by atoms with Gasteiger partial charge in [-0.3, -0.25) is 9.59 Å². The second kappa shape index (κ2) is 9.40. The maximum absolute atomic E-state index is 12.4. The number of rotatable bonds is 9. The topological polar surface area (TPSA) is 75.6 Å². The number of hydrogen-bond donors (Lipinski definition) is 2. The quantitative estimate of drug-likeness (QED) is 0.657. The number of aliphatic carboxylic acids is 1. The fourth-order valence-corrected chi connectivity index (χ4v) is 3.44. The Kier molecular flexibility index (Phi) is 7.24. The average Bonchev–Trinajstić information content (AvgIpc) is 2.60. The van der Waals surface area contributed by atoms with Crippen LogP contribution in [0.25, 0.3) is 0 Å². The first-order valence-electron chi connectivity index (χ1n) is 8.22. The van der Waals surface area contributed by atoms with Gasteiger partial charge in [0.25, 0.3) is 5.91 Å². The predicted molar refractivity (Wildman–Crippen MR) is 102 cm³/mol. The molecule has 0 aliphatic heterocycles. The Morgan fingerprint density at radius 3 is 2.35 bits per heavy atom. The van der Waals surface area contributed by atoms with Crippen LogP contribution in [0.15, 0.2) is 59.5 Å². The molecule has 2 aromatic rings. The van der Waals surface area contributed by atoms with Crippen molar-refractivity contribution in [3.8, 4) is 0 Å². The molecule has 0 aliphatic carbocycles. The number of carboxylic acid groups (broad SMARTS) is 1. The van der Waals surface area contributed by atoms with Gasteiger partial charge in [0.1, 0.15) is 0 Å². The van der Waals surface area contributed by atoms with Crippen LogP contribution in [0, 0.1) is 0 Å². The molecule has 0 saturated heterocycles. The molecule has 26 heavy (non-hydrogen) atoms. The summed E-state index contributed by atoms with van der Waals surface area (Å²) in [6.45, 7) is 1.78. The van der Waals surface area contributed by atoms with Crippen LogP contribution in [0.3, 0.4) is 0 Å². The van der Waals surface area contributed by atoms with E-state index in [1.807, 2.05) is 30.3 Å². The molecule has 0 heterocycles. The van der Waals surface area contributed by atoms with Crippen LogP contribution in [-0.4, -0.2) is 36.2 Å². The Labute approximate surface area is 157 Å². The van der Waals surface area contributed by atoms with Crippen LogP contribution in [0.1, 0.15) is 29.3 Å². The summed E-state index contributed by atoms with van der Waals surface area (Å²) in [5.74, 6) is -0.488. The van der Waals surface area contributed by atoms with Crippen LogP contribution in [0.2, 0.25) is 0 Å². The maximum Gasteiger partial charge on any atom is 0.305 e. The van der Waals surface area contributed by atoms with Crippen molar-refractivity contribution in [1.82, 2.24) is 5.32 Å². The van der Waals surface area contributed by atoms with Gasteiger partial charge in [0.2, 0.25) is 0 Å². The Morgan fingerprint density at radius 2 is 1.77 bits per heavy atom. The van der Waals surface area contributed by atoms with Crippen molar-refractivity contribution in [2.75, 3.05) is 13.7 Å². The summed E-state index contributed by atoms with van der Waals surface area (Å²) >= 11 is 1.73. The molecule has 0 saturated carbocycles. The number of carbonyl (C=O) groups excluding carboxylic acids is 1. The van der Waals surface area contributed by atoms with Crippen LogP contribution >= 0.6 is 11.8 Å². The zero-order chi connectivity index (χ0) is 19.0. The lowest BCUT2D eigenvalue weighted by molar-refractivity contribution is -0.139. The van der Waals surface area contributed by atoms with Gasteiger partial charge in [-0.15, -0.1) is 11.8 Å². The number of nitrogens with one attached hydrogen (secondary N) is 1. The molecule has 2 aromatic carbocycles. The van der Waals surface area contributed by atoms with Gasteiger partial charge >= 0.3 is 5.97 Å². The summed E-state index contributed by atoms with van der Waals surface area (Å²) in [5.41, 5.74) is 0.645. The van der Waals surface area contributed by atoms with Crippen molar-refractivity contribution in [2.45, 2.75) is 29.5 Å².